The molecule has 4 rings (SSSR count). The Kier molecular flexibility index (Phi) is 6.50. The smallest absolute Gasteiger partial charge is 0.252 e. The Morgan fingerprint density at radius 3 is 2.61 bits per heavy atom. The van der Waals surface area contributed by atoms with Gasteiger partial charge in [0.25, 0.3) is 5.91 Å². The molecule has 0 unspecified atom stereocenters. The van der Waals surface area contributed by atoms with Crippen LogP contribution in [0.25, 0.3) is 22.3 Å². The zero-order valence-electron chi connectivity index (χ0n) is 18.0. The van der Waals surface area contributed by atoms with Crippen LogP contribution in [-0.2, 0) is 16.4 Å². The van der Waals surface area contributed by atoms with Crippen LogP contribution in [0.4, 0.5) is 4.39 Å². The van der Waals surface area contributed by atoms with Gasteiger partial charge in [0, 0.05) is 17.9 Å². The van der Waals surface area contributed by atoms with Crippen LogP contribution in [0, 0.1) is 5.82 Å². The van der Waals surface area contributed by atoms with Gasteiger partial charge in [0.15, 0.2) is 15.5 Å². The topological polar surface area (TPSA) is 93.9 Å². The summed E-state index contributed by atoms with van der Waals surface area (Å²) in [5.74, 6) is -0.860. The summed E-state index contributed by atoms with van der Waals surface area (Å²) in [6, 6.07) is 17.3. The van der Waals surface area contributed by atoms with Gasteiger partial charge in [-0.15, -0.1) is 0 Å². The highest BCUT2D eigenvalue weighted by Gasteiger charge is 2.18. The molecule has 2 aromatic carbocycles. The van der Waals surface area contributed by atoms with Gasteiger partial charge in [-0.05, 0) is 23.8 Å². The van der Waals surface area contributed by atoms with Gasteiger partial charge < -0.3 is 5.32 Å². The summed E-state index contributed by atoms with van der Waals surface area (Å²) in [6.07, 6.45) is 1.55. The molecule has 0 fully saturated rings. The van der Waals surface area contributed by atoms with Gasteiger partial charge in [-0.2, -0.15) is 5.10 Å². The second-order valence-electron chi connectivity index (χ2n) is 7.58. The highest BCUT2D eigenvalue weighted by Crippen LogP contribution is 2.25. The summed E-state index contributed by atoms with van der Waals surface area (Å²) in [5.41, 5.74) is 2.93. The number of aromatic nitrogens is 3. The normalized spacial score (nSPS) is 11.6. The van der Waals surface area contributed by atoms with Crippen molar-refractivity contribution in [1.82, 2.24) is 20.1 Å². The van der Waals surface area contributed by atoms with Crippen molar-refractivity contribution in [3.05, 3.63) is 83.8 Å². The molecule has 4 aromatic rings. The molecule has 0 aliphatic heterocycles. The first-order chi connectivity index (χ1) is 15.9. The average Bonchev–Trinajstić information content (AvgIpc) is 3.21. The van der Waals surface area contributed by atoms with E-state index in [0.717, 1.165) is 5.56 Å². The lowest BCUT2D eigenvalue weighted by Gasteiger charge is -2.10. The molecule has 33 heavy (non-hydrogen) atoms. The molecule has 7 nitrogen and oxygen atoms in total. The van der Waals surface area contributed by atoms with E-state index in [4.69, 9.17) is 4.98 Å². The van der Waals surface area contributed by atoms with Crippen molar-refractivity contribution >= 4 is 26.8 Å². The molecule has 170 valence electrons. The second kappa shape index (κ2) is 9.50. The predicted molar refractivity (Wildman–Crippen MR) is 125 cm³/mol. The van der Waals surface area contributed by atoms with Crippen molar-refractivity contribution in [2.45, 2.75) is 13.5 Å². The lowest BCUT2D eigenvalue weighted by molar-refractivity contribution is 0.0957. The molecule has 1 N–H and O–H groups in total. The molecule has 0 aliphatic rings. The summed E-state index contributed by atoms with van der Waals surface area (Å²) in [5, 5.41) is 7.61. The number of carbonyl (C=O) groups is 1. The van der Waals surface area contributed by atoms with Crippen LogP contribution < -0.4 is 5.32 Å². The number of hydrogen-bond acceptors (Lipinski definition) is 5. The number of halogens is 1. The van der Waals surface area contributed by atoms with Gasteiger partial charge in [-0.25, -0.2) is 22.5 Å². The van der Waals surface area contributed by atoms with E-state index >= 15 is 0 Å². The summed E-state index contributed by atoms with van der Waals surface area (Å²) >= 11 is 0. The van der Waals surface area contributed by atoms with Crippen molar-refractivity contribution in [2.75, 3.05) is 18.1 Å². The summed E-state index contributed by atoms with van der Waals surface area (Å²) in [6.45, 7) is 1.86. The first-order valence-electron chi connectivity index (χ1n) is 10.5. The van der Waals surface area contributed by atoms with Crippen molar-refractivity contribution < 1.29 is 17.6 Å². The number of fused-ring (bicyclic) bond motifs is 1. The zero-order valence-corrected chi connectivity index (χ0v) is 18.8. The fraction of sp³-hybridized carbons (Fsp3) is 0.208. The lowest BCUT2D eigenvalue weighted by atomic mass is 10.1. The lowest BCUT2D eigenvalue weighted by Crippen LogP contribution is -2.29. The molecule has 1 amide bonds. The van der Waals surface area contributed by atoms with Crippen LogP contribution in [0.2, 0.25) is 0 Å². The molecule has 2 heterocycles. The Bertz CT molecular complexity index is 1400. The molecule has 0 radical (unpaired) electrons. The fourth-order valence-electron chi connectivity index (χ4n) is 3.48. The Labute approximate surface area is 191 Å². The molecular formula is C24H23FN4O3S. The van der Waals surface area contributed by atoms with Gasteiger partial charge in [0.1, 0.15) is 5.82 Å². The van der Waals surface area contributed by atoms with Crippen LogP contribution in [0.1, 0.15) is 22.8 Å². The van der Waals surface area contributed by atoms with Gasteiger partial charge in [-0.3, -0.25) is 4.79 Å². The van der Waals surface area contributed by atoms with E-state index in [1.807, 2.05) is 30.3 Å². The number of nitrogens with zero attached hydrogens (tertiary/aromatic N) is 3. The molecular weight excluding hydrogens is 443 g/mol. The van der Waals surface area contributed by atoms with Crippen molar-refractivity contribution in [2.24, 2.45) is 0 Å². The molecule has 0 saturated heterocycles. The maximum atomic E-state index is 13.7. The third-order valence-corrected chi connectivity index (χ3v) is 6.99. The first kappa shape index (κ1) is 22.6. The summed E-state index contributed by atoms with van der Waals surface area (Å²) < 4.78 is 38.8. The van der Waals surface area contributed by atoms with Crippen molar-refractivity contribution in [3.8, 4) is 11.3 Å². The Morgan fingerprint density at radius 2 is 1.88 bits per heavy atom. The fourth-order valence-corrected chi connectivity index (χ4v) is 4.18. The minimum Gasteiger partial charge on any atom is -0.351 e. The monoisotopic (exact) mass is 466 g/mol. The van der Waals surface area contributed by atoms with E-state index in [1.165, 1.54) is 12.1 Å². The quantitative estimate of drug-likeness (QED) is 0.429. The standard InChI is InChI=1S/C24H23FN4O3S/c1-2-33(31,32)12-11-26-24(30)20-14-22(18-8-4-3-5-9-18)28-23-21(20)15-27-29(23)16-17-7-6-10-19(25)13-17/h3-10,13-15H,2,11-12,16H2,1H3,(H,26,30). The predicted octanol–water partition coefficient (Wildman–Crippen LogP) is 3.45. The van der Waals surface area contributed by atoms with E-state index in [9.17, 15) is 17.6 Å². The van der Waals surface area contributed by atoms with Crippen LogP contribution >= 0.6 is 0 Å². The number of carbonyl (C=O) groups excluding carboxylic acids is 1. The maximum absolute atomic E-state index is 13.7. The number of hydrogen-bond donors (Lipinski definition) is 1. The number of rotatable bonds is 8. The van der Waals surface area contributed by atoms with E-state index in [-0.39, 0.29) is 30.4 Å². The minimum absolute atomic E-state index is 0.0108. The summed E-state index contributed by atoms with van der Waals surface area (Å²) in [7, 11) is -3.20. The largest absolute Gasteiger partial charge is 0.351 e. The third kappa shape index (κ3) is 5.25. The van der Waals surface area contributed by atoms with Gasteiger partial charge in [0.2, 0.25) is 0 Å². The number of benzene rings is 2. The molecule has 0 atom stereocenters. The first-order valence-corrected chi connectivity index (χ1v) is 12.3. The van der Waals surface area contributed by atoms with Crippen LogP contribution in [0.15, 0.2) is 66.9 Å². The number of sulfone groups is 1. The van der Waals surface area contributed by atoms with Crippen LogP contribution in [0.3, 0.4) is 0 Å². The highest BCUT2D eigenvalue weighted by atomic mass is 32.2. The average molecular weight is 467 g/mol. The molecule has 9 heteroatoms. The van der Waals surface area contributed by atoms with Crippen LogP contribution in [0.5, 0.6) is 0 Å². The molecule has 0 bridgehead atoms. The molecule has 0 aliphatic carbocycles. The SMILES string of the molecule is CCS(=O)(=O)CCNC(=O)c1cc(-c2ccccc2)nc2c1cnn2Cc1cccc(F)c1. The van der Waals surface area contributed by atoms with Gasteiger partial charge in [-0.1, -0.05) is 49.4 Å². The zero-order chi connectivity index (χ0) is 23.4. The maximum Gasteiger partial charge on any atom is 0.252 e. The second-order valence-corrected chi connectivity index (χ2v) is 10.1. The highest BCUT2D eigenvalue weighted by molar-refractivity contribution is 7.91. The van der Waals surface area contributed by atoms with E-state index < -0.39 is 15.7 Å². The number of nitrogens with one attached hydrogen (secondary N) is 1. The van der Waals surface area contributed by atoms with Gasteiger partial charge in [0.05, 0.1) is 35.1 Å². The summed E-state index contributed by atoms with van der Waals surface area (Å²) in [4.78, 5) is 17.7. The molecule has 2 aromatic heterocycles. The number of amides is 1. The van der Waals surface area contributed by atoms with E-state index in [1.54, 1.807) is 36.0 Å². The minimum atomic E-state index is -3.20. The molecule has 0 spiro atoms. The Balaban J connectivity index is 1.73. The van der Waals surface area contributed by atoms with Crippen LogP contribution in [-0.4, -0.2) is 47.1 Å². The van der Waals surface area contributed by atoms with Gasteiger partial charge >= 0.3 is 0 Å². The molecule has 0 saturated carbocycles. The Hall–Kier alpha value is -3.59. The van der Waals surface area contributed by atoms with E-state index in [0.29, 0.717) is 27.9 Å². The van der Waals surface area contributed by atoms with E-state index in [2.05, 4.69) is 10.4 Å². The third-order valence-electron chi connectivity index (χ3n) is 5.28. The number of pyridine rings is 1. The van der Waals surface area contributed by atoms with Crippen molar-refractivity contribution in [3.63, 3.8) is 0 Å². The Morgan fingerprint density at radius 1 is 1.09 bits per heavy atom. The van der Waals surface area contributed by atoms with Crippen molar-refractivity contribution in [1.29, 1.82) is 0 Å².